The van der Waals surface area contributed by atoms with E-state index in [0.717, 1.165) is 16.8 Å². The molecular formula is C21H22N4O3. The summed E-state index contributed by atoms with van der Waals surface area (Å²) >= 11 is 0. The minimum absolute atomic E-state index is 0.0261. The highest BCUT2D eigenvalue weighted by molar-refractivity contribution is 5.94. The van der Waals surface area contributed by atoms with Crippen LogP contribution >= 0.6 is 0 Å². The predicted octanol–water partition coefficient (Wildman–Crippen LogP) is 2.70. The second kappa shape index (κ2) is 8.96. The Labute approximate surface area is 163 Å². The van der Waals surface area contributed by atoms with Crippen molar-refractivity contribution >= 4 is 17.5 Å². The molecule has 0 saturated carbocycles. The standard InChI is InChI=1S/C21H22N4O3/c1-15-6-3-4-7-17(15)11-22-21(27)16-8-5-9-19(10-16)25-13-18(12-23-25)24-20(26)14-28-2/h3-10,12-13H,11,14H2,1-2H3,(H,22,27)(H,24,26). The highest BCUT2D eigenvalue weighted by atomic mass is 16.5. The van der Waals surface area contributed by atoms with Crippen LogP contribution in [0.3, 0.4) is 0 Å². The van der Waals surface area contributed by atoms with Gasteiger partial charge in [0.25, 0.3) is 5.91 Å². The molecule has 3 aromatic rings. The van der Waals surface area contributed by atoms with Gasteiger partial charge in [-0.3, -0.25) is 9.59 Å². The van der Waals surface area contributed by atoms with Crippen molar-refractivity contribution in [1.82, 2.24) is 15.1 Å². The Kier molecular flexibility index (Phi) is 6.18. The number of anilines is 1. The Morgan fingerprint density at radius 3 is 2.75 bits per heavy atom. The molecule has 0 aliphatic heterocycles. The van der Waals surface area contributed by atoms with Crippen LogP contribution in [-0.2, 0) is 16.1 Å². The smallest absolute Gasteiger partial charge is 0.251 e. The van der Waals surface area contributed by atoms with Crippen molar-refractivity contribution in [1.29, 1.82) is 0 Å². The number of aromatic nitrogens is 2. The van der Waals surface area contributed by atoms with E-state index in [0.29, 0.717) is 17.8 Å². The molecule has 1 aromatic heterocycles. The van der Waals surface area contributed by atoms with Crippen molar-refractivity contribution < 1.29 is 14.3 Å². The number of nitrogens with zero attached hydrogens (tertiary/aromatic N) is 2. The average molecular weight is 378 g/mol. The Bertz CT molecular complexity index is 981. The van der Waals surface area contributed by atoms with Crippen LogP contribution in [-0.4, -0.2) is 35.3 Å². The van der Waals surface area contributed by atoms with E-state index >= 15 is 0 Å². The normalized spacial score (nSPS) is 10.5. The molecule has 0 saturated heterocycles. The number of benzene rings is 2. The van der Waals surface area contributed by atoms with Gasteiger partial charge >= 0.3 is 0 Å². The number of methoxy groups -OCH3 is 1. The lowest BCUT2D eigenvalue weighted by Gasteiger charge is -2.09. The molecule has 0 bridgehead atoms. The third-order valence-electron chi connectivity index (χ3n) is 4.22. The fourth-order valence-electron chi connectivity index (χ4n) is 2.73. The fourth-order valence-corrected chi connectivity index (χ4v) is 2.73. The van der Waals surface area contributed by atoms with Gasteiger partial charge in [0.1, 0.15) is 6.61 Å². The topological polar surface area (TPSA) is 85.2 Å². The van der Waals surface area contributed by atoms with Crippen molar-refractivity contribution in [2.24, 2.45) is 0 Å². The summed E-state index contributed by atoms with van der Waals surface area (Å²) < 4.78 is 6.39. The fraction of sp³-hybridized carbons (Fsp3) is 0.190. The van der Waals surface area contributed by atoms with Crippen LogP contribution in [0.2, 0.25) is 0 Å². The van der Waals surface area contributed by atoms with E-state index in [1.54, 1.807) is 35.3 Å². The molecule has 144 valence electrons. The Morgan fingerprint density at radius 2 is 1.96 bits per heavy atom. The lowest BCUT2D eigenvalue weighted by Crippen LogP contribution is -2.23. The number of nitrogens with one attached hydrogen (secondary N) is 2. The molecular weight excluding hydrogens is 356 g/mol. The molecule has 7 heteroatoms. The maximum Gasteiger partial charge on any atom is 0.251 e. The Hall–Kier alpha value is -3.45. The average Bonchev–Trinajstić information content (AvgIpc) is 3.16. The van der Waals surface area contributed by atoms with Gasteiger partial charge < -0.3 is 15.4 Å². The van der Waals surface area contributed by atoms with Gasteiger partial charge in [-0.1, -0.05) is 30.3 Å². The molecule has 2 amide bonds. The maximum atomic E-state index is 12.5. The van der Waals surface area contributed by atoms with Gasteiger partial charge in [-0.25, -0.2) is 4.68 Å². The summed E-state index contributed by atoms with van der Waals surface area (Å²) in [4.78, 5) is 24.1. The van der Waals surface area contributed by atoms with Gasteiger partial charge in [-0.15, -0.1) is 0 Å². The van der Waals surface area contributed by atoms with Gasteiger partial charge in [0.2, 0.25) is 5.91 Å². The molecule has 7 nitrogen and oxygen atoms in total. The minimum Gasteiger partial charge on any atom is -0.375 e. The molecule has 0 atom stereocenters. The SMILES string of the molecule is COCC(=O)Nc1cnn(-c2cccc(C(=O)NCc3ccccc3C)c2)c1. The number of rotatable bonds is 7. The first-order chi connectivity index (χ1) is 13.6. The molecule has 0 aliphatic rings. The van der Waals surface area contributed by atoms with Crippen molar-refractivity contribution in [3.63, 3.8) is 0 Å². The predicted molar refractivity (Wildman–Crippen MR) is 106 cm³/mol. The highest BCUT2D eigenvalue weighted by Crippen LogP contribution is 2.14. The van der Waals surface area contributed by atoms with E-state index in [9.17, 15) is 9.59 Å². The number of amides is 2. The highest BCUT2D eigenvalue weighted by Gasteiger charge is 2.09. The lowest BCUT2D eigenvalue weighted by atomic mass is 10.1. The second-order valence-electron chi connectivity index (χ2n) is 6.31. The number of carbonyl (C=O) groups excluding carboxylic acids is 2. The van der Waals surface area contributed by atoms with E-state index in [1.807, 2.05) is 37.3 Å². The first kappa shape index (κ1) is 19.3. The lowest BCUT2D eigenvalue weighted by molar-refractivity contribution is -0.119. The summed E-state index contributed by atoms with van der Waals surface area (Å²) in [7, 11) is 1.46. The zero-order valence-electron chi connectivity index (χ0n) is 15.8. The third-order valence-corrected chi connectivity index (χ3v) is 4.22. The summed E-state index contributed by atoms with van der Waals surface area (Å²) in [6.07, 6.45) is 3.22. The number of hydrogen-bond acceptors (Lipinski definition) is 4. The van der Waals surface area contributed by atoms with Crippen molar-refractivity contribution in [2.45, 2.75) is 13.5 Å². The maximum absolute atomic E-state index is 12.5. The first-order valence-electron chi connectivity index (χ1n) is 8.83. The minimum atomic E-state index is -0.258. The van der Waals surface area contributed by atoms with Gasteiger partial charge in [0.15, 0.2) is 0 Å². The summed E-state index contributed by atoms with van der Waals surface area (Å²) in [6, 6.07) is 15.1. The summed E-state index contributed by atoms with van der Waals surface area (Å²) in [5, 5.41) is 9.86. The number of aryl methyl sites for hydroxylation is 1. The quantitative estimate of drug-likeness (QED) is 0.662. The summed E-state index contributed by atoms with van der Waals surface area (Å²) in [5.41, 5.74) is 4.02. The monoisotopic (exact) mass is 378 g/mol. The molecule has 2 N–H and O–H groups in total. The van der Waals surface area contributed by atoms with Gasteiger partial charge in [-0.05, 0) is 36.2 Å². The van der Waals surface area contributed by atoms with Crippen LogP contribution in [0.1, 0.15) is 21.5 Å². The summed E-state index contributed by atoms with van der Waals surface area (Å²) in [6.45, 7) is 2.46. The zero-order chi connectivity index (χ0) is 19.9. The van der Waals surface area contributed by atoms with Crippen molar-refractivity contribution in [3.8, 4) is 5.69 Å². The molecule has 0 aliphatic carbocycles. The van der Waals surface area contributed by atoms with E-state index in [1.165, 1.54) is 7.11 Å². The first-order valence-corrected chi connectivity index (χ1v) is 8.83. The molecule has 2 aromatic carbocycles. The molecule has 0 fully saturated rings. The van der Waals surface area contributed by atoms with Crippen LogP contribution in [0.25, 0.3) is 5.69 Å². The van der Waals surface area contributed by atoms with Crippen LogP contribution in [0, 0.1) is 6.92 Å². The Balaban J connectivity index is 1.68. The van der Waals surface area contributed by atoms with E-state index in [2.05, 4.69) is 15.7 Å². The van der Waals surface area contributed by atoms with E-state index in [-0.39, 0.29) is 18.4 Å². The zero-order valence-corrected chi connectivity index (χ0v) is 15.8. The largest absolute Gasteiger partial charge is 0.375 e. The number of carbonyl (C=O) groups is 2. The Morgan fingerprint density at radius 1 is 1.14 bits per heavy atom. The van der Waals surface area contributed by atoms with Crippen molar-refractivity contribution in [2.75, 3.05) is 19.0 Å². The van der Waals surface area contributed by atoms with Crippen molar-refractivity contribution in [3.05, 3.63) is 77.6 Å². The molecule has 1 heterocycles. The number of hydrogen-bond donors (Lipinski definition) is 2. The van der Waals surface area contributed by atoms with Gasteiger partial charge in [-0.2, -0.15) is 5.10 Å². The van der Waals surface area contributed by atoms with Gasteiger partial charge in [0, 0.05) is 19.2 Å². The van der Waals surface area contributed by atoms with E-state index < -0.39 is 0 Å². The number of ether oxygens (including phenoxy) is 1. The molecule has 3 rings (SSSR count). The molecule has 0 spiro atoms. The summed E-state index contributed by atoms with van der Waals surface area (Å²) in [5.74, 6) is -0.419. The van der Waals surface area contributed by atoms with Crippen LogP contribution < -0.4 is 10.6 Å². The molecule has 0 radical (unpaired) electrons. The van der Waals surface area contributed by atoms with E-state index in [4.69, 9.17) is 4.74 Å². The van der Waals surface area contributed by atoms with Crippen LogP contribution in [0.5, 0.6) is 0 Å². The second-order valence-corrected chi connectivity index (χ2v) is 6.31. The van der Waals surface area contributed by atoms with Crippen LogP contribution in [0.4, 0.5) is 5.69 Å². The molecule has 0 unspecified atom stereocenters. The van der Waals surface area contributed by atoms with Crippen LogP contribution in [0.15, 0.2) is 60.9 Å². The third kappa shape index (κ3) is 4.83. The van der Waals surface area contributed by atoms with Gasteiger partial charge in [0.05, 0.1) is 23.8 Å². The molecule has 28 heavy (non-hydrogen) atoms.